The summed E-state index contributed by atoms with van der Waals surface area (Å²) >= 11 is 1.66. The van der Waals surface area contributed by atoms with E-state index in [-0.39, 0.29) is 11.9 Å². The van der Waals surface area contributed by atoms with E-state index in [0.717, 1.165) is 11.6 Å². The molecule has 0 saturated carbocycles. The minimum atomic E-state index is -0.583. The molecule has 1 rings (SSSR count). The third kappa shape index (κ3) is 2.88. The number of hydrogen-bond donors (Lipinski definition) is 2. The van der Waals surface area contributed by atoms with Crippen molar-refractivity contribution in [1.82, 2.24) is 10.6 Å². The molecule has 0 spiro atoms. The minimum absolute atomic E-state index is 0.145. The number of nitrogens with one attached hydrogen (secondary N) is 2. The lowest BCUT2D eigenvalue weighted by atomic mass is 10.2. The number of amides is 1. The van der Waals surface area contributed by atoms with E-state index in [1.807, 2.05) is 0 Å². The normalized spacial score (nSPS) is 22.9. The predicted molar refractivity (Wildman–Crippen MR) is 53.9 cm³/mol. The van der Waals surface area contributed by atoms with Gasteiger partial charge in [-0.3, -0.25) is 10.1 Å². The molecule has 2 atom stereocenters. The second-order valence-electron chi connectivity index (χ2n) is 3.03. The molecule has 0 aromatic carbocycles. The first-order valence-electron chi connectivity index (χ1n) is 4.34. The van der Waals surface area contributed by atoms with Gasteiger partial charge in [-0.1, -0.05) is 0 Å². The van der Waals surface area contributed by atoms with Gasteiger partial charge in [-0.2, -0.15) is 0 Å². The zero-order chi connectivity index (χ0) is 10.6. The second-order valence-corrected chi connectivity index (χ2v) is 4.06. The average Bonchev–Trinajstić information content (AvgIpc) is 2.69. The van der Waals surface area contributed by atoms with Crippen molar-refractivity contribution >= 4 is 23.6 Å². The molecule has 1 amide bonds. The van der Waals surface area contributed by atoms with Gasteiger partial charge in [0.2, 0.25) is 5.91 Å². The molecular weight excluding hydrogens is 204 g/mol. The van der Waals surface area contributed by atoms with Crippen molar-refractivity contribution in [3.8, 4) is 0 Å². The summed E-state index contributed by atoms with van der Waals surface area (Å²) in [5.74, 6) is 0.960. The number of carbonyl (C=O) groups is 2. The summed E-state index contributed by atoms with van der Waals surface area (Å²) in [7, 11) is 1.30. The summed E-state index contributed by atoms with van der Waals surface area (Å²) in [6, 6.07) is -0.771. The molecule has 2 N–H and O–H groups in total. The van der Waals surface area contributed by atoms with Crippen LogP contribution in [0.1, 0.15) is 6.92 Å². The Morgan fingerprint density at radius 3 is 2.86 bits per heavy atom. The number of carbonyl (C=O) groups excluding carboxylic acids is 2. The molecule has 5 nitrogen and oxygen atoms in total. The van der Waals surface area contributed by atoms with Crippen LogP contribution in [0.5, 0.6) is 0 Å². The van der Waals surface area contributed by atoms with Gasteiger partial charge in [0.15, 0.2) is 0 Å². The molecule has 1 aliphatic rings. The Hall–Kier alpha value is -0.750. The van der Waals surface area contributed by atoms with Crippen molar-refractivity contribution in [1.29, 1.82) is 0 Å². The molecule has 1 aliphatic heterocycles. The molecular formula is C8H14N2O3S. The maximum absolute atomic E-state index is 11.5. The summed E-state index contributed by atoms with van der Waals surface area (Å²) in [4.78, 5) is 22.5. The van der Waals surface area contributed by atoms with Crippen LogP contribution in [0.2, 0.25) is 0 Å². The van der Waals surface area contributed by atoms with Crippen LogP contribution >= 0.6 is 11.8 Å². The summed E-state index contributed by atoms with van der Waals surface area (Å²) in [6.07, 6.45) is 0. The van der Waals surface area contributed by atoms with Crippen molar-refractivity contribution in [2.75, 3.05) is 18.7 Å². The lowest BCUT2D eigenvalue weighted by molar-refractivity contribution is -0.144. The van der Waals surface area contributed by atoms with E-state index in [9.17, 15) is 9.59 Å². The number of rotatable bonds is 3. The quantitative estimate of drug-likeness (QED) is 0.615. The summed E-state index contributed by atoms with van der Waals surface area (Å²) < 4.78 is 4.50. The van der Waals surface area contributed by atoms with E-state index in [1.165, 1.54) is 7.11 Å². The molecule has 0 aliphatic carbocycles. The topological polar surface area (TPSA) is 67.4 Å². The number of hydrogen-bond acceptors (Lipinski definition) is 5. The van der Waals surface area contributed by atoms with Crippen molar-refractivity contribution in [3.05, 3.63) is 0 Å². The van der Waals surface area contributed by atoms with Gasteiger partial charge in [-0.05, 0) is 6.92 Å². The van der Waals surface area contributed by atoms with Gasteiger partial charge in [0.05, 0.1) is 13.2 Å². The van der Waals surface area contributed by atoms with Crippen LogP contribution < -0.4 is 10.6 Å². The van der Waals surface area contributed by atoms with Crippen LogP contribution in [-0.2, 0) is 14.3 Å². The second kappa shape index (κ2) is 5.21. The maximum Gasteiger partial charge on any atom is 0.328 e. The zero-order valence-electron chi connectivity index (χ0n) is 8.20. The zero-order valence-corrected chi connectivity index (χ0v) is 9.02. The van der Waals surface area contributed by atoms with E-state index in [1.54, 1.807) is 18.7 Å². The highest BCUT2D eigenvalue weighted by atomic mass is 32.2. The smallest absolute Gasteiger partial charge is 0.328 e. The van der Waals surface area contributed by atoms with Gasteiger partial charge < -0.3 is 10.1 Å². The fourth-order valence-corrected chi connectivity index (χ4v) is 2.06. The average molecular weight is 218 g/mol. The molecule has 1 heterocycles. The molecule has 0 radical (unpaired) electrons. The van der Waals surface area contributed by atoms with E-state index in [2.05, 4.69) is 15.4 Å². The highest BCUT2D eigenvalue weighted by molar-refractivity contribution is 7.99. The third-order valence-electron chi connectivity index (χ3n) is 1.95. The van der Waals surface area contributed by atoms with Crippen LogP contribution in [0.25, 0.3) is 0 Å². The monoisotopic (exact) mass is 218 g/mol. The Bertz CT molecular complexity index is 229. The van der Waals surface area contributed by atoms with Gasteiger partial charge >= 0.3 is 5.97 Å². The molecule has 14 heavy (non-hydrogen) atoms. The molecule has 0 aromatic rings. The van der Waals surface area contributed by atoms with Gasteiger partial charge in [-0.25, -0.2) is 4.79 Å². The first kappa shape index (κ1) is 11.3. The van der Waals surface area contributed by atoms with Crippen LogP contribution in [0.15, 0.2) is 0 Å². The van der Waals surface area contributed by atoms with E-state index in [4.69, 9.17) is 0 Å². The van der Waals surface area contributed by atoms with Gasteiger partial charge in [0, 0.05) is 11.6 Å². The molecule has 0 unspecified atom stereocenters. The Labute approximate surface area is 86.9 Å². The van der Waals surface area contributed by atoms with Crippen molar-refractivity contribution in [3.63, 3.8) is 0 Å². The van der Waals surface area contributed by atoms with Gasteiger partial charge in [0.25, 0.3) is 0 Å². The Morgan fingerprint density at radius 2 is 2.36 bits per heavy atom. The van der Waals surface area contributed by atoms with Gasteiger partial charge in [-0.15, -0.1) is 11.8 Å². The van der Waals surface area contributed by atoms with E-state index >= 15 is 0 Å². The SMILES string of the molecule is COC(=O)[C@@H](C)NC(=O)[C@H]1CSCN1. The number of thioether (sulfide) groups is 1. The van der Waals surface area contributed by atoms with E-state index in [0.29, 0.717) is 0 Å². The molecule has 1 fully saturated rings. The minimum Gasteiger partial charge on any atom is -0.467 e. The molecule has 80 valence electrons. The lowest BCUT2D eigenvalue weighted by Crippen LogP contribution is -2.48. The van der Waals surface area contributed by atoms with Crippen LogP contribution in [0.4, 0.5) is 0 Å². The van der Waals surface area contributed by atoms with Crippen molar-refractivity contribution < 1.29 is 14.3 Å². The summed E-state index contributed by atoms with van der Waals surface area (Å²) in [5, 5.41) is 5.60. The van der Waals surface area contributed by atoms with Crippen LogP contribution in [-0.4, -0.2) is 42.7 Å². The molecule has 0 bridgehead atoms. The summed E-state index contributed by atoms with van der Waals surface area (Å²) in [5.41, 5.74) is 0. The first-order valence-corrected chi connectivity index (χ1v) is 5.50. The standard InChI is InChI=1S/C8H14N2O3S/c1-5(8(12)13-2)10-7(11)6-3-14-4-9-6/h5-6,9H,3-4H2,1-2H3,(H,10,11)/t5-,6-/m1/s1. The Balaban J connectivity index is 2.35. The van der Waals surface area contributed by atoms with Crippen LogP contribution in [0.3, 0.4) is 0 Å². The van der Waals surface area contributed by atoms with Gasteiger partial charge in [0.1, 0.15) is 6.04 Å². The number of esters is 1. The molecule has 0 aromatic heterocycles. The number of ether oxygens (including phenoxy) is 1. The number of methoxy groups -OCH3 is 1. The maximum atomic E-state index is 11.5. The van der Waals surface area contributed by atoms with Crippen LogP contribution in [0, 0.1) is 0 Å². The largest absolute Gasteiger partial charge is 0.467 e. The summed E-state index contributed by atoms with van der Waals surface area (Å²) in [6.45, 7) is 1.60. The molecule has 6 heteroatoms. The lowest BCUT2D eigenvalue weighted by Gasteiger charge is -2.14. The fourth-order valence-electron chi connectivity index (χ4n) is 1.11. The first-order chi connectivity index (χ1) is 6.65. The van der Waals surface area contributed by atoms with Crippen molar-refractivity contribution in [2.45, 2.75) is 19.0 Å². The third-order valence-corrected chi connectivity index (χ3v) is 2.89. The Kier molecular flexibility index (Phi) is 4.21. The predicted octanol–water partition coefficient (Wildman–Crippen LogP) is -0.673. The fraction of sp³-hybridized carbons (Fsp3) is 0.750. The van der Waals surface area contributed by atoms with E-state index < -0.39 is 12.0 Å². The highest BCUT2D eigenvalue weighted by Crippen LogP contribution is 2.09. The molecule has 1 saturated heterocycles. The van der Waals surface area contributed by atoms with Crippen molar-refractivity contribution in [2.24, 2.45) is 0 Å². The Morgan fingerprint density at radius 1 is 1.64 bits per heavy atom. The highest BCUT2D eigenvalue weighted by Gasteiger charge is 2.25.